The van der Waals surface area contributed by atoms with Crippen LogP contribution in [0.15, 0.2) is 73.3 Å². The highest BCUT2D eigenvalue weighted by molar-refractivity contribution is 5.92. The van der Waals surface area contributed by atoms with Crippen LogP contribution in [0.25, 0.3) is 22.5 Å². The summed E-state index contributed by atoms with van der Waals surface area (Å²) in [5, 5.41) is 2.91. The summed E-state index contributed by atoms with van der Waals surface area (Å²) < 4.78 is 3.84. The molecule has 0 aliphatic heterocycles. The van der Waals surface area contributed by atoms with Gasteiger partial charge in [-0.05, 0) is 42.8 Å². The van der Waals surface area contributed by atoms with Gasteiger partial charge < -0.3 is 9.72 Å². The van der Waals surface area contributed by atoms with Gasteiger partial charge in [-0.1, -0.05) is 24.3 Å². The van der Waals surface area contributed by atoms with Crippen LogP contribution in [0.1, 0.15) is 21.7 Å². The molecule has 142 valence electrons. The summed E-state index contributed by atoms with van der Waals surface area (Å²) in [6, 6.07) is 17.6. The molecule has 5 aromatic rings. The Morgan fingerprint density at radius 3 is 2.76 bits per heavy atom. The Morgan fingerprint density at radius 1 is 1.03 bits per heavy atom. The molecular weight excluding hydrogens is 364 g/mol. The second-order valence-corrected chi connectivity index (χ2v) is 6.83. The maximum atomic E-state index is 12.5. The summed E-state index contributed by atoms with van der Waals surface area (Å²) in [4.78, 5) is 25.8. The van der Waals surface area contributed by atoms with Crippen molar-refractivity contribution in [2.45, 2.75) is 13.5 Å². The smallest absolute Gasteiger partial charge is 0.271 e. The Labute approximate surface area is 166 Å². The van der Waals surface area contributed by atoms with E-state index in [1.54, 1.807) is 18.7 Å². The zero-order valence-corrected chi connectivity index (χ0v) is 15.8. The number of carbonyl (C=O) groups is 1. The highest BCUT2D eigenvalue weighted by atomic mass is 16.1. The van der Waals surface area contributed by atoms with Crippen LogP contribution in [0.2, 0.25) is 0 Å². The minimum absolute atomic E-state index is 0.210. The van der Waals surface area contributed by atoms with Gasteiger partial charge in [0.05, 0.1) is 11.0 Å². The van der Waals surface area contributed by atoms with Gasteiger partial charge in [0.1, 0.15) is 23.5 Å². The van der Waals surface area contributed by atoms with Crippen molar-refractivity contribution in [1.82, 2.24) is 29.2 Å². The number of aryl methyl sites for hydroxylation is 1. The molecule has 0 atom stereocenters. The lowest BCUT2D eigenvalue weighted by Gasteiger charge is -2.06. The third kappa shape index (κ3) is 3.12. The van der Waals surface area contributed by atoms with Crippen molar-refractivity contribution in [1.29, 1.82) is 0 Å². The van der Waals surface area contributed by atoms with Crippen LogP contribution in [-0.2, 0) is 6.54 Å². The van der Waals surface area contributed by atoms with E-state index in [1.165, 1.54) is 0 Å². The minimum Gasteiger partial charge on any atom is -0.347 e. The summed E-state index contributed by atoms with van der Waals surface area (Å²) in [6.07, 6.45) is 5.28. The number of pyridine rings is 2. The lowest BCUT2D eigenvalue weighted by molar-refractivity contribution is 0.0946. The molecule has 0 aliphatic carbocycles. The average Bonchev–Trinajstić information content (AvgIpc) is 3.38. The first kappa shape index (κ1) is 17.1. The number of amides is 1. The third-order valence-corrected chi connectivity index (χ3v) is 4.89. The summed E-state index contributed by atoms with van der Waals surface area (Å²) in [6.45, 7) is 2.36. The van der Waals surface area contributed by atoms with E-state index < -0.39 is 0 Å². The average molecular weight is 382 g/mol. The van der Waals surface area contributed by atoms with Crippen LogP contribution >= 0.6 is 0 Å². The molecule has 7 heteroatoms. The van der Waals surface area contributed by atoms with Crippen molar-refractivity contribution in [3.05, 3.63) is 90.3 Å². The first-order chi connectivity index (χ1) is 14.2. The van der Waals surface area contributed by atoms with Gasteiger partial charge in [0, 0.05) is 24.6 Å². The van der Waals surface area contributed by atoms with Gasteiger partial charge in [-0.15, -0.1) is 0 Å². The molecule has 1 amide bonds. The van der Waals surface area contributed by atoms with Crippen LogP contribution in [0.3, 0.4) is 0 Å². The third-order valence-electron chi connectivity index (χ3n) is 4.89. The molecule has 29 heavy (non-hydrogen) atoms. The van der Waals surface area contributed by atoms with Crippen molar-refractivity contribution >= 4 is 22.6 Å². The van der Waals surface area contributed by atoms with E-state index in [4.69, 9.17) is 0 Å². The number of hydrogen-bond donors (Lipinski definition) is 1. The molecule has 4 aromatic heterocycles. The highest BCUT2D eigenvalue weighted by Crippen LogP contribution is 2.16. The molecule has 0 fully saturated rings. The predicted octanol–water partition coefficient (Wildman–Crippen LogP) is 3.31. The number of nitrogens with one attached hydrogen (secondary N) is 1. The van der Waals surface area contributed by atoms with Crippen LogP contribution in [-0.4, -0.2) is 29.8 Å². The fourth-order valence-electron chi connectivity index (χ4n) is 3.34. The summed E-state index contributed by atoms with van der Waals surface area (Å²) >= 11 is 0. The van der Waals surface area contributed by atoms with Gasteiger partial charge in [0.15, 0.2) is 0 Å². The van der Waals surface area contributed by atoms with E-state index in [2.05, 4.69) is 20.3 Å². The van der Waals surface area contributed by atoms with Crippen molar-refractivity contribution in [3.8, 4) is 5.82 Å². The number of aromatic nitrogens is 5. The van der Waals surface area contributed by atoms with Crippen LogP contribution in [0, 0.1) is 6.92 Å². The molecular formula is C22H18N6O. The minimum atomic E-state index is -0.210. The number of carbonyl (C=O) groups excluding carboxylic acids is 1. The zero-order chi connectivity index (χ0) is 19.8. The zero-order valence-electron chi connectivity index (χ0n) is 15.8. The van der Waals surface area contributed by atoms with E-state index in [0.717, 1.165) is 33.8 Å². The van der Waals surface area contributed by atoms with Gasteiger partial charge in [-0.25, -0.2) is 15.0 Å². The normalized spacial score (nSPS) is 11.2. The monoisotopic (exact) mass is 382 g/mol. The number of nitrogens with zero attached hydrogens (tertiary/aromatic N) is 5. The van der Waals surface area contributed by atoms with E-state index in [-0.39, 0.29) is 5.91 Å². The van der Waals surface area contributed by atoms with Crippen molar-refractivity contribution in [3.63, 3.8) is 0 Å². The molecule has 1 aromatic carbocycles. The van der Waals surface area contributed by atoms with Gasteiger partial charge in [0.25, 0.3) is 5.91 Å². The SMILES string of the molecule is Cc1cccc2nc(C(=O)NCc3ccc(-n4cnc5ccccc54)nc3)cn12. The van der Waals surface area contributed by atoms with Crippen LogP contribution in [0.4, 0.5) is 0 Å². The summed E-state index contributed by atoms with van der Waals surface area (Å²) in [7, 11) is 0. The van der Waals surface area contributed by atoms with Crippen LogP contribution in [0.5, 0.6) is 0 Å². The molecule has 0 radical (unpaired) electrons. The van der Waals surface area contributed by atoms with Gasteiger partial charge >= 0.3 is 0 Å². The fourth-order valence-corrected chi connectivity index (χ4v) is 3.34. The van der Waals surface area contributed by atoms with Gasteiger partial charge in [-0.3, -0.25) is 9.36 Å². The highest BCUT2D eigenvalue weighted by Gasteiger charge is 2.11. The molecule has 0 spiro atoms. The van der Waals surface area contributed by atoms with Gasteiger partial charge in [0.2, 0.25) is 0 Å². The Morgan fingerprint density at radius 2 is 1.93 bits per heavy atom. The molecule has 0 saturated heterocycles. The Hall–Kier alpha value is -4.00. The van der Waals surface area contributed by atoms with E-state index in [9.17, 15) is 4.79 Å². The Kier molecular flexibility index (Phi) is 4.05. The topological polar surface area (TPSA) is 77.1 Å². The number of rotatable bonds is 4. The first-order valence-corrected chi connectivity index (χ1v) is 9.29. The van der Waals surface area contributed by atoms with E-state index >= 15 is 0 Å². The lowest BCUT2D eigenvalue weighted by Crippen LogP contribution is -2.23. The fraction of sp³-hybridized carbons (Fsp3) is 0.0909. The first-order valence-electron chi connectivity index (χ1n) is 9.29. The second kappa shape index (κ2) is 6.87. The quantitative estimate of drug-likeness (QED) is 0.517. The number of benzene rings is 1. The van der Waals surface area contributed by atoms with Crippen molar-refractivity contribution in [2.24, 2.45) is 0 Å². The molecule has 0 saturated carbocycles. The predicted molar refractivity (Wildman–Crippen MR) is 110 cm³/mol. The molecule has 4 heterocycles. The van der Waals surface area contributed by atoms with Crippen molar-refractivity contribution < 1.29 is 4.79 Å². The maximum absolute atomic E-state index is 12.5. The maximum Gasteiger partial charge on any atom is 0.271 e. The summed E-state index contributed by atoms with van der Waals surface area (Å²) in [5.74, 6) is 0.572. The second-order valence-electron chi connectivity index (χ2n) is 6.83. The standard InChI is InChI=1S/C22H18N6O/c1-15-5-4-8-21-26-18(13-27(15)21)22(29)24-12-16-9-10-20(23-11-16)28-14-25-17-6-2-3-7-19(17)28/h2-11,13-14H,12H2,1H3,(H,24,29). The van der Waals surface area contributed by atoms with Gasteiger partial charge in [-0.2, -0.15) is 0 Å². The Balaban J connectivity index is 1.31. The van der Waals surface area contributed by atoms with Crippen molar-refractivity contribution in [2.75, 3.05) is 0 Å². The number of hydrogen-bond acceptors (Lipinski definition) is 4. The molecule has 0 bridgehead atoms. The number of imidazole rings is 2. The largest absolute Gasteiger partial charge is 0.347 e. The number of para-hydroxylation sites is 2. The molecule has 0 unspecified atom stereocenters. The van der Waals surface area contributed by atoms with Crippen LogP contribution < -0.4 is 5.32 Å². The lowest BCUT2D eigenvalue weighted by atomic mass is 10.2. The molecule has 5 rings (SSSR count). The number of fused-ring (bicyclic) bond motifs is 2. The van der Waals surface area contributed by atoms with E-state index in [1.807, 2.05) is 70.5 Å². The molecule has 0 aliphatic rings. The Bertz CT molecular complexity index is 1330. The van der Waals surface area contributed by atoms with E-state index in [0.29, 0.717) is 12.2 Å². The molecule has 7 nitrogen and oxygen atoms in total. The summed E-state index contributed by atoms with van der Waals surface area (Å²) in [5.41, 5.74) is 5.02. The molecule has 1 N–H and O–H groups in total.